The van der Waals surface area contributed by atoms with Crippen molar-refractivity contribution in [3.8, 4) is 5.75 Å². The number of methoxy groups -OCH3 is 1. The summed E-state index contributed by atoms with van der Waals surface area (Å²) in [6.45, 7) is 4.93. The van der Waals surface area contributed by atoms with Gasteiger partial charge in [-0.1, -0.05) is 22.9 Å². The van der Waals surface area contributed by atoms with E-state index in [9.17, 15) is 0 Å². The second-order valence-corrected chi connectivity index (χ2v) is 6.22. The van der Waals surface area contributed by atoms with Gasteiger partial charge in [0.2, 0.25) is 0 Å². The van der Waals surface area contributed by atoms with E-state index in [-0.39, 0.29) is 0 Å². The van der Waals surface area contributed by atoms with Crippen LogP contribution in [0.2, 0.25) is 0 Å². The minimum atomic E-state index is 0.448. The third kappa shape index (κ3) is 4.21. The van der Waals surface area contributed by atoms with Gasteiger partial charge in [0.1, 0.15) is 5.75 Å². The molecule has 0 aromatic heterocycles. The summed E-state index contributed by atoms with van der Waals surface area (Å²) in [4.78, 5) is 0. The molecule has 2 rings (SSSR count). The molecule has 1 saturated heterocycles. The average molecular weight is 342 g/mol. The Hall–Kier alpha value is -0.580. The highest BCUT2D eigenvalue weighted by atomic mass is 79.9. The predicted octanol–water partition coefficient (Wildman–Crippen LogP) is 3.40. The molecule has 0 bridgehead atoms. The van der Waals surface area contributed by atoms with E-state index in [0.29, 0.717) is 12.0 Å². The van der Waals surface area contributed by atoms with Crippen molar-refractivity contribution in [2.75, 3.05) is 26.9 Å². The van der Waals surface area contributed by atoms with Crippen molar-refractivity contribution in [3.05, 3.63) is 28.2 Å². The number of rotatable bonds is 6. The van der Waals surface area contributed by atoms with Gasteiger partial charge in [-0.2, -0.15) is 0 Å². The summed E-state index contributed by atoms with van der Waals surface area (Å²) in [5, 5.41) is 3.62. The van der Waals surface area contributed by atoms with Gasteiger partial charge in [0, 0.05) is 17.1 Å². The van der Waals surface area contributed by atoms with E-state index in [4.69, 9.17) is 9.47 Å². The van der Waals surface area contributed by atoms with Gasteiger partial charge in [-0.15, -0.1) is 0 Å². The van der Waals surface area contributed by atoms with E-state index in [0.717, 1.165) is 36.4 Å². The smallest absolute Gasteiger partial charge is 0.122 e. The Morgan fingerprint density at radius 1 is 1.50 bits per heavy atom. The van der Waals surface area contributed by atoms with Gasteiger partial charge in [-0.3, -0.25) is 0 Å². The standard InChI is InChI=1S/C16H24BrNO2/c1-3-18-15(12-5-4-8-20-11-12)10-13-9-14(17)6-7-16(13)19-2/h6-7,9,12,15,18H,3-5,8,10-11H2,1-2H3. The molecule has 0 saturated carbocycles. The van der Waals surface area contributed by atoms with Crippen LogP contribution in [-0.2, 0) is 11.2 Å². The zero-order valence-corrected chi connectivity index (χ0v) is 13.9. The summed E-state index contributed by atoms with van der Waals surface area (Å²) < 4.78 is 12.2. The van der Waals surface area contributed by atoms with Gasteiger partial charge >= 0.3 is 0 Å². The summed E-state index contributed by atoms with van der Waals surface area (Å²) in [5.74, 6) is 1.56. The van der Waals surface area contributed by atoms with Crippen molar-refractivity contribution in [2.45, 2.75) is 32.2 Å². The Balaban J connectivity index is 2.12. The first kappa shape index (κ1) is 15.8. The highest BCUT2D eigenvalue weighted by Gasteiger charge is 2.24. The van der Waals surface area contributed by atoms with Crippen LogP contribution in [0.4, 0.5) is 0 Å². The fraction of sp³-hybridized carbons (Fsp3) is 0.625. The molecule has 4 heteroatoms. The molecule has 20 heavy (non-hydrogen) atoms. The molecule has 3 nitrogen and oxygen atoms in total. The second kappa shape index (κ2) is 8.01. The number of hydrogen-bond acceptors (Lipinski definition) is 3. The lowest BCUT2D eigenvalue weighted by atomic mass is 9.89. The summed E-state index contributed by atoms with van der Waals surface area (Å²) in [6.07, 6.45) is 3.39. The number of hydrogen-bond donors (Lipinski definition) is 1. The molecular formula is C16H24BrNO2. The lowest BCUT2D eigenvalue weighted by Gasteiger charge is -2.31. The third-order valence-electron chi connectivity index (χ3n) is 3.91. The third-order valence-corrected chi connectivity index (χ3v) is 4.41. The zero-order valence-electron chi connectivity index (χ0n) is 12.3. The van der Waals surface area contributed by atoms with Crippen LogP contribution < -0.4 is 10.1 Å². The fourth-order valence-corrected chi connectivity index (χ4v) is 3.30. The summed E-state index contributed by atoms with van der Waals surface area (Å²) in [6, 6.07) is 6.66. The van der Waals surface area contributed by atoms with Crippen LogP contribution in [0.1, 0.15) is 25.3 Å². The minimum Gasteiger partial charge on any atom is -0.496 e. The van der Waals surface area contributed by atoms with Crippen LogP contribution in [0.25, 0.3) is 0 Å². The number of benzene rings is 1. The number of halogens is 1. The van der Waals surface area contributed by atoms with Crippen LogP contribution in [0, 0.1) is 5.92 Å². The quantitative estimate of drug-likeness (QED) is 0.860. The maximum absolute atomic E-state index is 5.65. The maximum atomic E-state index is 5.65. The van der Waals surface area contributed by atoms with Crippen molar-refractivity contribution in [2.24, 2.45) is 5.92 Å². The van der Waals surface area contributed by atoms with E-state index in [1.54, 1.807) is 7.11 Å². The van der Waals surface area contributed by atoms with Crippen molar-refractivity contribution >= 4 is 15.9 Å². The molecule has 1 aromatic rings. The van der Waals surface area contributed by atoms with E-state index < -0.39 is 0 Å². The Kier molecular flexibility index (Phi) is 6.33. The molecule has 0 radical (unpaired) electrons. The van der Waals surface area contributed by atoms with Gasteiger partial charge < -0.3 is 14.8 Å². The Labute approximate surface area is 130 Å². The molecule has 1 heterocycles. The highest BCUT2D eigenvalue weighted by Crippen LogP contribution is 2.27. The molecule has 1 aliphatic rings. The van der Waals surface area contributed by atoms with Crippen LogP contribution in [0.15, 0.2) is 22.7 Å². The van der Waals surface area contributed by atoms with E-state index in [1.165, 1.54) is 18.4 Å². The normalized spacial score (nSPS) is 20.6. The first-order valence-corrected chi connectivity index (χ1v) is 8.17. The molecule has 1 aliphatic heterocycles. The van der Waals surface area contributed by atoms with Gasteiger partial charge in [0.15, 0.2) is 0 Å². The molecule has 0 aliphatic carbocycles. The van der Waals surface area contributed by atoms with Crippen molar-refractivity contribution < 1.29 is 9.47 Å². The topological polar surface area (TPSA) is 30.5 Å². The zero-order chi connectivity index (χ0) is 14.4. The molecule has 1 N–H and O–H groups in total. The number of likely N-dealkylation sites (N-methyl/N-ethyl adjacent to an activating group) is 1. The van der Waals surface area contributed by atoms with Crippen molar-refractivity contribution in [1.29, 1.82) is 0 Å². The Bertz CT molecular complexity index is 419. The van der Waals surface area contributed by atoms with Crippen molar-refractivity contribution in [3.63, 3.8) is 0 Å². The van der Waals surface area contributed by atoms with E-state index in [1.807, 2.05) is 12.1 Å². The van der Waals surface area contributed by atoms with Crippen LogP contribution in [0.3, 0.4) is 0 Å². The number of ether oxygens (including phenoxy) is 2. The van der Waals surface area contributed by atoms with Gasteiger partial charge in [0.25, 0.3) is 0 Å². The molecule has 0 spiro atoms. The first-order valence-electron chi connectivity index (χ1n) is 7.38. The monoisotopic (exact) mass is 341 g/mol. The van der Waals surface area contributed by atoms with Gasteiger partial charge in [-0.25, -0.2) is 0 Å². The summed E-state index contributed by atoms with van der Waals surface area (Å²) in [5.41, 5.74) is 1.25. The molecule has 112 valence electrons. The minimum absolute atomic E-state index is 0.448. The summed E-state index contributed by atoms with van der Waals surface area (Å²) >= 11 is 3.55. The Morgan fingerprint density at radius 2 is 2.35 bits per heavy atom. The molecule has 0 amide bonds. The Morgan fingerprint density at radius 3 is 3.00 bits per heavy atom. The largest absolute Gasteiger partial charge is 0.496 e. The SMILES string of the molecule is CCNC(Cc1cc(Br)ccc1OC)C1CCCOC1. The fourth-order valence-electron chi connectivity index (χ4n) is 2.89. The lowest BCUT2D eigenvalue weighted by molar-refractivity contribution is 0.0395. The van der Waals surface area contributed by atoms with Crippen LogP contribution in [0.5, 0.6) is 5.75 Å². The van der Waals surface area contributed by atoms with E-state index >= 15 is 0 Å². The van der Waals surface area contributed by atoms with E-state index in [2.05, 4.69) is 34.2 Å². The molecule has 1 fully saturated rings. The molecule has 1 aromatic carbocycles. The predicted molar refractivity (Wildman–Crippen MR) is 85.4 cm³/mol. The first-order chi connectivity index (χ1) is 9.74. The van der Waals surface area contributed by atoms with Gasteiger partial charge in [-0.05, 0) is 55.5 Å². The molecular weight excluding hydrogens is 318 g/mol. The summed E-state index contributed by atoms with van der Waals surface area (Å²) in [7, 11) is 1.73. The second-order valence-electron chi connectivity index (χ2n) is 5.30. The molecule has 2 atom stereocenters. The van der Waals surface area contributed by atoms with Crippen LogP contribution in [-0.4, -0.2) is 32.9 Å². The number of nitrogens with one attached hydrogen (secondary N) is 1. The lowest BCUT2D eigenvalue weighted by Crippen LogP contribution is -2.41. The highest BCUT2D eigenvalue weighted by molar-refractivity contribution is 9.10. The molecule has 2 unspecified atom stereocenters. The van der Waals surface area contributed by atoms with Gasteiger partial charge in [0.05, 0.1) is 13.7 Å². The average Bonchev–Trinajstić information content (AvgIpc) is 2.48. The van der Waals surface area contributed by atoms with Crippen LogP contribution >= 0.6 is 15.9 Å². The maximum Gasteiger partial charge on any atom is 0.122 e. The van der Waals surface area contributed by atoms with Crippen molar-refractivity contribution in [1.82, 2.24) is 5.32 Å².